The number of aromatic nitrogens is 1. The Morgan fingerprint density at radius 3 is 2.53 bits per heavy atom. The fourth-order valence-corrected chi connectivity index (χ4v) is 2.44. The van der Waals surface area contributed by atoms with E-state index in [4.69, 9.17) is 0 Å². The third-order valence-corrected chi connectivity index (χ3v) is 3.34. The van der Waals surface area contributed by atoms with E-state index < -0.39 is 0 Å². The van der Waals surface area contributed by atoms with Gasteiger partial charge in [-0.05, 0) is 29.2 Å². The lowest BCUT2D eigenvalue weighted by molar-refractivity contribution is 0.245. The molecule has 1 aromatic heterocycles. The number of rotatable bonds is 2. The predicted molar refractivity (Wildman–Crippen MR) is 83.0 cm³/mol. The topological polar surface area (TPSA) is 16.1 Å². The highest BCUT2D eigenvalue weighted by molar-refractivity contribution is 5.85. The summed E-state index contributed by atoms with van der Waals surface area (Å²) >= 11 is 0. The van der Waals surface area contributed by atoms with Gasteiger partial charge in [-0.25, -0.2) is 0 Å². The van der Waals surface area contributed by atoms with Gasteiger partial charge in [0.15, 0.2) is 0 Å². The lowest BCUT2D eigenvalue weighted by Crippen LogP contribution is -2.29. The number of hydrogen-bond donors (Lipinski definition) is 0. The van der Waals surface area contributed by atoms with Crippen molar-refractivity contribution in [2.24, 2.45) is 0 Å². The fourth-order valence-electron chi connectivity index (χ4n) is 2.44. The molecule has 1 aliphatic rings. The van der Waals surface area contributed by atoms with Crippen LogP contribution < -0.4 is 0 Å². The molecular weight excluding hydrogens is 279 g/mol. The first-order chi connectivity index (χ1) is 8.42. The van der Waals surface area contributed by atoms with Crippen LogP contribution in [-0.2, 0) is 19.5 Å². The Kier molecular flexibility index (Phi) is 6.29. The van der Waals surface area contributed by atoms with Gasteiger partial charge in [-0.1, -0.05) is 30.3 Å². The van der Waals surface area contributed by atoms with E-state index in [1.165, 1.54) is 16.7 Å². The molecule has 0 N–H and O–H groups in total. The van der Waals surface area contributed by atoms with Crippen LogP contribution in [0.15, 0.2) is 48.8 Å². The molecule has 0 fully saturated rings. The summed E-state index contributed by atoms with van der Waals surface area (Å²) in [4.78, 5) is 6.65. The summed E-state index contributed by atoms with van der Waals surface area (Å²) in [5, 5.41) is 0. The van der Waals surface area contributed by atoms with Gasteiger partial charge >= 0.3 is 0 Å². The Bertz CT molecular complexity index is 503. The average molecular weight is 297 g/mol. The monoisotopic (exact) mass is 296 g/mol. The van der Waals surface area contributed by atoms with E-state index in [1.54, 1.807) is 0 Å². The van der Waals surface area contributed by atoms with E-state index in [0.29, 0.717) is 0 Å². The van der Waals surface area contributed by atoms with Crippen LogP contribution in [0.3, 0.4) is 0 Å². The number of halogens is 2. The molecule has 0 saturated carbocycles. The van der Waals surface area contributed by atoms with Crippen LogP contribution in [0.1, 0.15) is 16.7 Å². The molecule has 0 aliphatic carbocycles. The summed E-state index contributed by atoms with van der Waals surface area (Å²) in [5.74, 6) is 0. The van der Waals surface area contributed by atoms with Gasteiger partial charge in [0.05, 0.1) is 0 Å². The van der Waals surface area contributed by atoms with Crippen LogP contribution in [0.4, 0.5) is 0 Å². The number of nitrogens with zero attached hydrogens (tertiary/aromatic N) is 2. The quantitative estimate of drug-likeness (QED) is 0.843. The summed E-state index contributed by atoms with van der Waals surface area (Å²) in [5.41, 5.74) is 4.28. The van der Waals surface area contributed by atoms with E-state index >= 15 is 0 Å². The van der Waals surface area contributed by atoms with Crippen molar-refractivity contribution in [1.82, 2.24) is 9.88 Å². The van der Waals surface area contributed by atoms with Gasteiger partial charge in [-0.15, -0.1) is 24.8 Å². The third-order valence-electron chi connectivity index (χ3n) is 3.34. The zero-order valence-electron chi connectivity index (χ0n) is 10.7. The molecule has 4 heteroatoms. The van der Waals surface area contributed by atoms with Gasteiger partial charge in [0.1, 0.15) is 0 Å². The van der Waals surface area contributed by atoms with Gasteiger partial charge in [0.25, 0.3) is 0 Å². The Morgan fingerprint density at radius 1 is 1.00 bits per heavy atom. The van der Waals surface area contributed by atoms with Crippen molar-refractivity contribution in [3.63, 3.8) is 0 Å². The number of pyridine rings is 1. The molecule has 0 spiro atoms. The lowest BCUT2D eigenvalue weighted by Gasteiger charge is -2.28. The summed E-state index contributed by atoms with van der Waals surface area (Å²) in [6, 6.07) is 12.9. The molecule has 0 radical (unpaired) electrons. The van der Waals surface area contributed by atoms with Gasteiger partial charge in [-0.3, -0.25) is 9.88 Å². The van der Waals surface area contributed by atoms with Gasteiger partial charge in [0, 0.05) is 32.0 Å². The van der Waals surface area contributed by atoms with Crippen LogP contribution in [0.2, 0.25) is 0 Å². The largest absolute Gasteiger partial charge is 0.294 e. The molecule has 2 nitrogen and oxygen atoms in total. The molecule has 3 rings (SSSR count). The normalized spacial score (nSPS) is 13.9. The maximum atomic E-state index is 4.17. The minimum Gasteiger partial charge on any atom is -0.294 e. The minimum absolute atomic E-state index is 0. The molecule has 1 aromatic carbocycles. The van der Waals surface area contributed by atoms with Crippen molar-refractivity contribution < 1.29 is 0 Å². The number of hydrogen-bond acceptors (Lipinski definition) is 2. The average Bonchev–Trinajstić information content (AvgIpc) is 2.40. The molecule has 1 aliphatic heterocycles. The Morgan fingerprint density at radius 2 is 1.79 bits per heavy atom. The maximum absolute atomic E-state index is 4.17. The van der Waals surface area contributed by atoms with Gasteiger partial charge in [0.2, 0.25) is 0 Å². The maximum Gasteiger partial charge on any atom is 0.0312 e. The lowest BCUT2D eigenvalue weighted by atomic mass is 10.00. The van der Waals surface area contributed by atoms with E-state index in [0.717, 1.165) is 26.1 Å². The highest BCUT2D eigenvalue weighted by atomic mass is 35.5. The summed E-state index contributed by atoms with van der Waals surface area (Å²) in [6.07, 6.45) is 4.95. The Labute approximate surface area is 126 Å². The highest BCUT2D eigenvalue weighted by Crippen LogP contribution is 2.19. The molecule has 0 unspecified atom stereocenters. The van der Waals surface area contributed by atoms with E-state index in [2.05, 4.69) is 40.2 Å². The second-order valence-electron chi connectivity index (χ2n) is 4.59. The molecule has 2 aromatic rings. The van der Waals surface area contributed by atoms with Crippen molar-refractivity contribution in [3.8, 4) is 0 Å². The molecule has 0 atom stereocenters. The summed E-state index contributed by atoms with van der Waals surface area (Å²) in [6.45, 7) is 3.21. The number of benzene rings is 1. The Hall–Kier alpha value is -1.09. The predicted octanol–water partition coefficient (Wildman–Crippen LogP) is 3.48. The molecule has 0 amide bonds. The molecule has 0 bridgehead atoms. The van der Waals surface area contributed by atoms with Crippen molar-refractivity contribution in [2.45, 2.75) is 19.5 Å². The molecule has 0 saturated heterocycles. The second-order valence-corrected chi connectivity index (χ2v) is 4.59. The SMILES string of the molecule is Cl.Cl.c1cncc(CN2CCc3ccccc3C2)c1. The summed E-state index contributed by atoms with van der Waals surface area (Å²) in [7, 11) is 0. The van der Waals surface area contributed by atoms with Crippen molar-refractivity contribution in [1.29, 1.82) is 0 Å². The fraction of sp³-hybridized carbons (Fsp3) is 0.267. The molecular formula is C15H18Cl2N2. The van der Waals surface area contributed by atoms with Crippen molar-refractivity contribution >= 4 is 24.8 Å². The first-order valence-electron chi connectivity index (χ1n) is 6.10. The van der Waals surface area contributed by atoms with Crippen molar-refractivity contribution in [3.05, 3.63) is 65.5 Å². The third kappa shape index (κ3) is 3.93. The Balaban J connectivity index is 0.000000902. The standard InChI is InChI=1S/C15H16N2.2ClH/c1-2-6-15-12-17(9-7-14(15)5-1)11-13-4-3-8-16-10-13;;/h1-6,8,10H,7,9,11-12H2;2*1H. The minimum atomic E-state index is 0. The number of fused-ring (bicyclic) bond motifs is 1. The van der Waals surface area contributed by atoms with Gasteiger partial charge in [-0.2, -0.15) is 0 Å². The van der Waals surface area contributed by atoms with Crippen molar-refractivity contribution in [2.75, 3.05) is 6.54 Å². The zero-order chi connectivity index (χ0) is 11.5. The van der Waals surface area contributed by atoms with Crippen LogP contribution in [-0.4, -0.2) is 16.4 Å². The zero-order valence-corrected chi connectivity index (χ0v) is 12.3. The second kappa shape index (κ2) is 7.49. The van der Waals surface area contributed by atoms with E-state index in [-0.39, 0.29) is 24.8 Å². The van der Waals surface area contributed by atoms with E-state index in [9.17, 15) is 0 Å². The van der Waals surface area contributed by atoms with E-state index in [1.807, 2.05) is 18.5 Å². The molecule has 2 heterocycles. The molecule has 19 heavy (non-hydrogen) atoms. The van der Waals surface area contributed by atoms with Gasteiger partial charge < -0.3 is 0 Å². The first-order valence-corrected chi connectivity index (χ1v) is 6.10. The van der Waals surface area contributed by atoms with Crippen LogP contribution in [0.5, 0.6) is 0 Å². The van der Waals surface area contributed by atoms with Crippen LogP contribution >= 0.6 is 24.8 Å². The molecule has 102 valence electrons. The van der Waals surface area contributed by atoms with Crippen LogP contribution in [0, 0.1) is 0 Å². The highest BCUT2D eigenvalue weighted by Gasteiger charge is 2.15. The smallest absolute Gasteiger partial charge is 0.0312 e. The first kappa shape index (κ1) is 16.0. The van der Waals surface area contributed by atoms with Crippen LogP contribution in [0.25, 0.3) is 0 Å². The summed E-state index contributed by atoms with van der Waals surface area (Å²) < 4.78 is 0.